The Kier molecular flexibility index (Phi) is 6.32. The molecule has 160 valence electrons. The van der Waals surface area contributed by atoms with Crippen LogP contribution in [-0.2, 0) is 11.3 Å². The lowest BCUT2D eigenvalue weighted by Crippen LogP contribution is -2.43. The molecule has 1 N–H and O–H groups in total. The summed E-state index contributed by atoms with van der Waals surface area (Å²) in [4.78, 5) is 31.3. The van der Waals surface area contributed by atoms with Crippen LogP contribution in [0.3, 0.4) is 0 Å². The highest BCUT2D eigenvalue weighted by molar-refractivity contribution is 6.31. The number of benzene rings is 1. The molecule has 1 atom stereocenters. The number of rotatable bonds is 5. The summed E-state index contributed by atoms with van der Waals surface area (Å²) in [5.41, 5.74) is 2.29. The van der Waals surface area contributed by atoms with Gasteiger partial charge in [0, 0.05) is 43.1 Å². The maximum Gasteiger partial charge on any atom is 0.271 e. The second-order valence-corrected chi connectivity index (χ2v) is 8.15. The Morgan fingerprint density at radius 1 is 1.26 bits per heavy atom. The topological polar surface area (TPSA) is 80.1 Å². The number of nitrogens with one attached hydrogen (secondary N) is 1. The van der Waals surface area contributed by atoms with Crippen molar-refractivity contribution in [2.45, 2.75) is 26.3 Å². The molecule has 0 radical (unpaired) electrons. The fourth-order valence-electron chi connectivity index (χ4n) is 3.70. The second-order valence-electron chi connectivity index (χ2n) is 7.74. The van der Waals surface area contributed by atoms with Crippen molar-refractivity contribution in [3.05, 3.63) is 81.4 Å². The first kappa shape index (κ1) is 21.1. The summed E-state index contributed by atoms with van der Waals surface area (Å²) in [6, 6.07) is 12.4. The van der Waals surface area contributed by atoms with Gasteiger partial charge in [0.25, 0.3) is 5.56 Å². The third-order valence-corrected chi connectivity index (χ3v) is 5.90. The number of anilines is 1. The molecule has 8 heteroatoms. The molecule has 1 aliphatic heterocycles. The van der Waals surface area contributed by atoms with Gasteiger partial charge in [0.15, 0.2) is 0 Å². The van der Waals surface area contributed by atoms with Gasteiger partial charge in [-0.2, -0.15) is 4.68 Å². The van der Waals surface area contributed by atoms with E-state index in [0.717, 1.165) is 30.5 Å². The molecule has 1 saturated heterocycles. The van der Waals surface area contributed by atoms with Crippen LogP contribution in [0.1, 0.15) is 24.0 Å². The highest BCUT2D eigenvalue weighted by atomic mass is 35.5. The Labute approximate surface area is 185 Å². The molecule has 7 nitrogen and oxygen atoms in total. The average molecular weight is 438 g/mol. The molecule has 3 aromatic rings. The number of hydrogen-bond donors (Lipinski definition) is 1. The van der Waals surface area contributed by atoms with E-state index in [1.807, 2.05) is 31.2 Å². The normalized spacial score (nSPS) is 16.2. The van der Waals surface area contributed by atoms with E-state index in [9.17, 15) is 9.59 Å². The van der Waals surface area contributed by atoms with Gasteiger partial charge in [-0.05, 0) is 55.2 Å². The van der Waals surface area contributed by atoms with E-state index in [4.69, 9.17) is 11.6 Å². The van der Waals surface area contributed by atoms with Crippen molar-refractivity contribution < 1.29 is 4.79 Å². The van der Waals surface area contributed by atoms with Crippen LogP contribution in [0.2, 0.25) is 5.02 Å². The van der Waals surface area contributed by atoms with E-state index in [2.05, 4.69) is 20.3 Å². The molecular formula is C23H24ClN5O2. The molecule has 1 amide bonds. The fourth-order valence-corrected chi connectivity index (χ4v) is 3.88. The van der Waals surface area contributed by atoms with E-state index < -0.39 is 0 Å². The predicted molar refractivity (Wildman–Crippen MR) is 121 cm³/mol. The van der Waals surface area contributed by atoms with E-state index >= 15 is 0 Å². The van der Waals surface area contributed by atoms with Crippen LogP contribution < -0.4 is 15.8 Å². The van der Waals surface area contributed by atoms with Crippen LogP contribution in [-0.4, -0.2) is 33.8 Å². The summed E-state index contributed by atoms with van der Waals surface area (Å²) in [5, 5.41) is 8.14. The van der Waals surface area contributed by atoms with Crippen LogP contribution in [0, 0.1) is 12.8 Å². The smallest absolute Gasteiger partial charge is 0.271 e. The molecule has 1 fully saturated rings. The molecule has 1 aliphatic rings. The molecule has 0 spiro atoms. The first-order valence-electron chi connectivity index (χ1n) is 10.3. The van der Waals surface area contributed by atoms with Gasteiger partial charge < -0.3 is 10.2 Å². The van der Waals surface area contributed by atoms with Crippen LogP contribution in [0.15, 0.2) is 59.7 Å². The molecule has 3 heterocycles. The average Bonchev–Trinajstić information content (AvgIpc) is 2.80. The van der Waals surface area contributed by atoms with Gasteiger partial charge in [0.2, 0.25) is 5.91 Å². The Bertz CT molecular complexity index is 1130. The van der Waals surface area contributed by atoms with Crippen LogP contribution in [0.5, 0.6) is 0 Å². The van der Waals surface area contributed by atoms with E-state index in [1.54, 1.807) is 24.5 Å². The van der Waals surface area contributed by atoms with Gasteiger partial charge in [-0.25, -0.2) is 0 Å². The van der Waals surface area contributed by atoms with Gasteiger partial charge in [-0.3, -0.25) is 14.6 Å². The van der Waals surface area contributed by atoms with Crippen LogP contribution in [0.25, 0.3) is 5.69 Å². The molecule has 0 bridgehead atoms. The second kappa shape index (κ2) is 9.31. The van der Waals surface area contributed by atoms with Crippen molar-refractivity contribution in [2.75, 3.05) is 18.0 Å². The third-order valence-electron chi connectivity index (χ3n) is 5.49. The first-order chi connectivity index (χ1) is 15.0. The predicted octanol–water partition coefficient (Wildman–Crippen LogP) is 3.12. The lowest BCUT2D eigenvalue weighted by Gasteiger charge is -2.33. The zero-order valence-corrected chi connectivity index (χ0v) is 18.0. The van der Waals surface area contributed by atoms with E-state index in [-0.39, 0.29) is 17.4 Å². The van der Waals surface area contributed by atoms with Crippen LogP contribution >= 0.6 is 11.6 Å². The van der Waals surface area contributed by atoms with Crippen molar-refractivity contribution in [1.29, 1.82) is 0 Å². The third kappa shape index (κ3) is 4.94. The van der Waals surface area contributed by atoms with Crippen molar-refractivity contribution in [2.24, 2.45) is 5.92 Å². The Balaban J connectivity index is 1.48. The molecule has 0 saturated carbocycles. The number of amides is 1. The van der Waals surface area contributed by atoms with E-state index in [1.165, 1.54) is 10.7 Å². The van der Waals surface area contributed by atoms with Gasteiger partial charge in [-0.15, -0.1) is 5.10 Å². The minimum atomic E-state index is -0.230. The molecule has 2 aromatic heterocycles. The summed E-state index contributed by atoms with van der Waals surface area (Å²) in [6.07, 6.45) is 5.16. The van der Waals surface area contributed by atoms with Gasteiger partial charge in [0.1, 0.15) is 5.82 Å². The zero-order valence-electron chi connectivity index (χ0n) is 17.3. The Morgan fingerprint density at radius 2 is 2.13 bits per heavy atom. The van der Waals surface area contributed by atoms with Gasteiger partial charge in [-0.1, -0.05) is 23.7 Å². The first-order valence-corrected chi connectivity index (χ1v) is 10.7. The van der Waals surface area contributed by atoms with E-state index in [0.29, 0.717) is 29.6 Å². The number of aryl methyl sites for hydroxylation is 1. The lowest BCUT2D eigenvalue weighted by atomic mass is 9.97. The zero-order chi connectivity index (χ0) is 21.8. The summed E-state index contributed by atoms with van der Waals surface area (Å²) >= 11 is 6.23. The Morgan fingerprint density at radius 3 is 2.90 bits per heavy atom. The number of piperidine rings is 1. The maximum absolute atomic E-state index is 12.7. The summed E-state index contributed by atoms with van der Waals surface area (Å²) in [6.45, 7) is 3.71. The molecule has 0 aliphatic carbocycles. The number of aromatic nitrogens is 3. The number of hydrogen-bond acceptors (Lipinski definition) is 5. The fraction of sp³-hybridized carbons (Fsp3) is 0.304. The van der Waals surface area contributed by atoms with Crippen molar-refractivity contribution in [1.82, 2.24) is 20.1 Å². The molecule has 31 heavy (non-hydrogen) atoms. The largest absolute Gasteiger partial charge is 0.354 e. The molecule has 1 unspecified atom stereocenters. The van der Waals surface area contributed by atoms with Crippen molar-refractivity contribution >= 4 is 23.3 Å². The maximum atomic E-state index is 12.7. The highest BCUT2D eigenvalue weighted by Gasteiger charge is 2.26. The number of pyridine rings is 1. The minimum absolute atomic E-state index is 0.0205. The number of carbonyl (C=O) groups is 1. The van der Waals surface area contributed by atoms with Crippen molar-refractivity contribution in [3.8, 4) is 5.69 Å². The number of carbonyl (C=O) groups excluding carboxylic acids is 1. The minimum Gasteiger partial charge on any atom is -0.354 e. The molecular weight excluding hydrogens is 414 g/mol. The SMILES string of the molecule is Cc1ccc(-n2nc(N3CCCC(C(=O)NCc4cccnc4)C3)ccc2=O)cc1Cl. The standard InChI is InChI=1S/C23H24ClN5O2/c1-16-6-7-19(12-20(16)24)29-22(30)9-8-21(27-29)28-11-3-5-18(15-28)23(31)26-14-17-4-2-10-25-13-17/h2,4,6-10,12-13,18H,3,5,11,14-15H2,1H3,(H,26,31). The molecule has 4 rings (SSSR count). The monoisotopic (exact) mass is 437 g/mol. The Hall–Kier alpha value is -3.19. The lowest BCUT2D eigenvalue weighted by molar-refractivity contribution is -0.125. The van der Waals surface area contributed by atoms with Crippen LogP contribution in [0.4, 0.5) is 5.82 Å². The summed E-state index contributed by atoms with van der Waals surface area (Å²) in [7, 11) is 0. The summed E-state index contributed by atoms with van der Waals surface area (Å²) < 4.78 is 1.35. The number of halogens is 1. The van der Waals surface area contributed by atoms with Crippen molar-refractivity contribution in [3.63, 3.8) is 0 Å². The number of nitrogens with zero attached hydrogens (tertiary/aromatic N) is 4. The quantitative estimate of drug-likeness (QED) is 0.663. The van der Waals surface area contributed by atoms with Gasteiger partial charge in [0.05, 0.1) is 11.6 Å². The van der Waals surface area contributed by atoms with Gasteiger partial charge >= 0.3 is 0 Å². The highest BCUT2D eigenvalue weighted by Crippen LogP contribution is 2.23. The molecule has 1 aromatic carbocycles. The summed E-state index contributed by atoms with van der Waals surface area (Å²) in [5.74, 6) is 0.551.